The second-order valence-electron chi connectivity index (χ2n) is 5.71. The van der Waals surface area contributed by atoms with E-state index < -0.39 is 0 Å². The largest absolute Gasteiger partial charge is 0.397 e. The summed E-state index contributed by atoms with van der Waals surface area (Å²) in [7, 11) is 0. The topological polar surface area (TPSA) is 29.3 Å². The zero-order chi connectivity index (χ0) is 11.8. The lowest BCUT2D eigenvalue weighted by atomic mass is 9.82. The lowest BCUT2D eigenvalue weighted by Gasteiger charge is -2.38. The standard InChI is InChI=1S/C14H22N2/c1-11-4-5-12(15)13(10-11)16-8-6-14(2,3)7-9-16/h4-5,10H,6-9,15H2,1-3H3. The highest BCUT2D eigenvalue weighted by molar-refractivity contribution is 5.68. The van der Waals surface area contributed by atoms with Crippen molar-refractivity contribution in [1.29, 1.82) is 0 Å². The Morgan fingerprint density at radius 2 is 1.81 bits per heavy atom. The fraction of sp³-hybridized carbons (Fsp3) is 0.571. The molecule has 1 aromatic carbocycles. The summed E-state index contributed by atoms with van der Waals surface area (Å²) in [5.74, 6) is 0. The van der Waals surface area contributed by atoms with Crippen LogP contribution in [0.25, 0.3) is 0 Å². The highest BCUT2D eigenvalue weighted by Crippen LogP contribution is 2.34. The van der Waals surface area contributed by atoms with Crippen molar-refractivity contribution in [2.24, 2.45) is 5.41 Å². The highest BCUT2D eigenvalue weighted by Gasteiger charge is 2.26. The van der Waals surface area contributed by atoms with Crippen molar-refractivity contribution in [3.8, 4) is 0 Å². The Balaban J connectivity index is 2.17. The van der Waals surface area contributed by atoms with Crippen LogP contribution in [0.4, 0.5) is 11.4 Å². The van der Waals surface area contributed by atoms with Crippen LogP contribution < -0.4 is 10.6 Å². The SMILES string of the molecule is Cc1ccc(N)c(N2CCC(C)(C)CC2)c1. The molecule has 2 heteroatoms. The van der Waals surface area contributed by atoms with E-state index in [-0.39, 0.29) is 0 Å². The van der Waals surface area contributed by atoms with Crippen LogP contribution in [0.2, 0.25) is 0 Å². The van der Waals surface area contributed by atoms with Crippen LogP contribution >= 0.6 is 0 Å². The van der Waals surface area contributed by atoms with Gasteiger partial charge in [-0.15, -0.1) is 0 Å². The summed E-state index contributed by atoms with van der Waals surface area (Å²) in [5.41, 5.74) is 9.95. The number of rotatable bonds is 1. The van der Waals surface area contributed by atoms with Crippen LogP contribution in [-0.4, -0.2) is 13.1 Å². The molecule has 2 N–H and O–H groups in total. The van der Waals surface area contributed by atoms with Gasteiger partial charge in [-0.3, -0.25) is 0 Å². The molecule has 0 spiro atoms. The number of piperidine rings is 1. The van der Waals surface area contributed by atoms with Gasteiger partial charge in [0, 0.05) is 13.1 Å². The minimum atomic E-state index is 0.495. The molecular weight excluding hydrogens is 196 g/mol. The first-order chi connectivity index (χ1) is 7.48. The van der Waals surface area contributed by atoms with Crippen molar-refractivity contribution in [3.05, 3.63) is 23.8 Å². The van der Waals surface area contributed by atoms with Gasteiger partial charge in [0.2, 0.25) is 0 Å². The number of benzene rings is 1. The van der Waals surface area contributed by atoms with E-state index in [1.165, 1.54) is 24.1 Å². The van der Waals surface area contributed by atoms with Crippen molar-refractivity contribution in [1.82, 2.24) is 0 Å². The van der Waals surface area contributed by atoms with Crippen LogP contribution in [0.15, 0.2) is 18.2 Å². The van der Waals surface area contributed by atoms with E-state index in [0.29, 0.717) is 5.41 Å². The third kappa shape index (κ3) is 2.31. The molecular formula is C14H22N2. The van der Waals surface area contributed by atoms with Gasteiger partial charge < -0.3 is 10.6 Å². The molecule has 0 aromatic heterocycles. The van der Waals surface area contributed by atoms with Crippen molar-refractivity contribution in [2.45, 2.75) is 33.6 Å². The molecule has 2 rings (SSSR count). The smallest absolute Gasteiger partial charge is 0.0602 e. The minimum Gasteiger partial charge on any atom is -0.397 e. The van der Waals surface area contributed by atoms with Gasteiger partial charge in [-0.05, 0) is 42.9 Å². The number of anilines is 2. The summed E-state index contributed by atoms with van der Waals surface area (Å²) >= 11 is 0. The summed E-state index contributed by atoms with van der Waals surface area (Å²) in [6, 6.07) is 6.30. The molecule has 1 aromatic rings. The fourth-order valence-electron chi connectivity index (χ4n) is 2.28. The normalized spacial score (nSPS) is 19.8. The second kappa shape index (κ2) is 4.00. The first-order valence-electron chi connectivity index (χ1n) is 6.09. The molecule has 2 nitrogen and oxygen atoms in total. The van der Waals surface area contributed by atoms with Gasteiger partial charge in [0.05, 0.1) is 11.4 Å². The molecule has 0 aliphatic carbocycles. The first-order valence-corrected chi connectivity index (χ1v) is 6.09. The molecule has 0 atom stereocenters. The minimum absolute atomic E-state index is 0.495. The monoisotopic (exact) mass is 218 g/mol. The van der Waals surface area contributed by atoms with Gasteiger partial charge in [0.15, 0.2) is 0 Å². The molecule has 0 bridgehead atoms. The van der Waals surface area contributed by atoms with Crippen molar-refractivity contribution >= 4 is 11.4 Å². The van der Waals surface area contributed by atoms with Crippen molar-refractivity contribution in [2.75, 3.05) is 23.7 Å². The van der Waals surface area contributed by atoms with E-state index in [1.807, 2.05) is 6.07 Å². The van der Waals surface area contributed by atoms with Crippen molar-refractivity contribution in [3.63, 3.8) is 0 Å². The highest BCUT2D eigenvalue weighted by atomic mass is 15.1. The van der Waals surface area contributed by atoms with Crippen LogP contribution in [0.1, 0.15) is 32.3 Å². The van der Waals surface area contributed by atoms with Crippen LogP contribution in [0.3, 0.4) is 0 Å². The first kappa shape index (κ1) is 11.3. The number of nitrogens with two attached hydrogens (primary N) is 1. The number of hydrogen-bond acceptors (Lipinski definition) is 2. The molecule has 0 radical (unpaired) electrons. The zero-order valence-corrected chi connectivity index (χ0v) is 10.6. The van der Waals surface area contributed by atoms with Gasteiger partial charge in [-0.1, -0.05) is 19.9 Å². The third-order valence-corrected chi connectivity index (χ3v) is 3.64. The molecule has 0 amide bonds. The van der Waals surface area contributed by atoms with Crippen LogP contribution in [0.5, 0.6) is 0 Å². The maximum atomic E-state index is 6.05. The molecule has 1 aliphatic heterocycles. The molecule has 88 valence electrons. The summed E-state index contributed by atoms with van der Waals surface area (Å²) in [6.07, 6.45) is 2.50. The maximum absolute atomic E-state index is 6.05. The molecule has 16 heavy (non-hydrogen) atoms. The zero-order valence-electron chi connectivity index (χ0n) is 10.6. The Morgan fingerprint density at radius 1 is 1.19 bits per heavy atom. The number of nitrogen functional groups attached to an aromatic ring is 1. The summed E-state index contributed by atoms with van der Waals surface area (Å²) in [5, 5.41) is 0. The van der Waals surface area contributed by atoms with Gasteiger partial charge in [-0.2, -0.15) is 0 Å². The van der Waals surface area contributed by atoms with E-state index in [1.54, 1.807) is 0 Å². The lowest BCUT2D eigenvalue weighted by molar-refractivity contribution is 0.280. The van der Waals surface area contributed by atoms with Crippen LogP contribution in [-0.2, 0) is 0 Å². The Labute approximate surface area is 98.4 Å². The molecule has 0 saturated carbocycles. The Bertz CT molecular complexity index is 372. The lowest BCUT2D eigenvalue weighted by Crippen LogP contribution is -2.37. The average molecular weight is 218 g/mol. The number of aryl methyl sites for hydroxylation is 1. The van der Waals surface area contributed by atoms with E-state index in [2.05, 4.69) is 37.8 Å². The molecule has 1 fully saturated rings. The molecule has 1 heterocycles. The van der Waals surface area contributed by atoms with Gasteiger partial charge in [0.25, 0.3) is 0 Å². The maximum Gasteiger partial charge on any atom is 0.0602 e. The Kier molecular flexibility index (Phi) is 2.83. The van der Waals surface area contributed by atoms with E-state index >= 15 is 0 Å². The Hall–Kier alpha value is -1.18. The van der Waals surface area contributed by atoms with E-state index in [9.17, 15) is 0 Å². The fourth-order valence-corrected chi connectivity index (χ4v) is 2.28. The molecule has 0 unspecified atom stereocenters. The summed E-state index contributed by atoms with van der Waals surface area (Å²) < 4.78 is 0. The molecule has 1 aliphatic rings. The van der Waals surface area contributed by atoms with Gasteiger partial charge in [-0.25, -0.2) is 0 Å². The quantitative estimate of drug-likeness (QED) is 0.733. The van der Waals surface area contributed by atoms with Crippen molar-refractivity contribution < 1.29 is 0 Å². The van der Waals surface area contributed by atoms with Crippen LogP contribution in [0, 0.1) is 12.3 Å². The number of hydrogen-bond donors (Lipinski definition) is 1. The Morgan fingerprint density at radius 3 is 2.44 bits per heavy atom. The van der Waals surface area contributed by atoms with E-state index in [4.69, 9.17) is 5.73 Å². The van der Waals surface area contributed by atoms with E-state index in [0.717, 1.165) is 18.8 Å². The summed E-state index contributed by atoms with van der Waals surface area (Å²) in [4.78, 5) is 2.42. The second-order valence-corrected chi connectivity index (χ2v) is 5.71. The number of nitrogens with zero attached hydrogens (tertiary/aromatic N) is 1. The summed E-state index contributed by atoms with van der Waals surface area (Å²) in [6.45, 7) is 9.08. The van der Waals surface area contributed by atoms with Gasteiger partial charge >= 0.3 is 0 Å². The predicted molar refractivity (Wildman–Crippen MR) is 70.8 cm³/mol. The van der Waals surface area contributed by atoms with Gasteiger partial charge in [0.1, 0.15) is 0 Å². The third-order valence-electron chi connectivity index (χ3n) is 3.64. The average Bonchev–Trinajstić information content (AvgIpc) is 2.22. The molecule has 1 saturated heterocycles. The predicted octanol–water partition coefficient (Wildman–Crippen LogP) is 3.20.